The standard InChI is InChI=1S/C46H71NO2/c1-17-36-38(31(6)29-34(9)45(15,20-4)28-24-26-33(8)44(13,14)19-3)42(49)39-35(10)37(30-47-40(39)41(36)48)46(16,21-5)27-23-22-25-32(7)43(11,12)18-2/h25-26,29-30H,9,17-24,27-28H2,1-8,10-16H3/b31-29+,32-25+,33-26+. The number of pyridine rings is 1. The normalized spacial score (nSPS) is 17.7. The molecule has 0 N–H and O–H groups in total. The Bertz CT molecular complexity index is 1520. The van der Waals surface area contributed by atoms with Gasteiger partial charge in [-0.1, -0.05) is 112 Å². The second-order valence-corrected chi connectivity index (χ2v) is 16.7. The number of hydrogen-bond donors (Lipinski definition) is 0. The molecule has 1 aliphatic carbocycles. The van der Waals surface area contributed by atoms with Crippen molar-refractivity contribution >= 4 is 11.6 Å². The number of nitrogens with zero attached hydrogens (tertiary/aromatic N) is 1. The molecule has 1 aromatic rings. The van der Waals surface area contributed by atoms with Crippen molar-refractivity contribution in [3.8, 4) is 0 Å². The Labute approximate surface area is 301 Å². The largest absolute Gasteiger partial charge is 0.288 e. The molecule has 0 saturated carbocycles. The summed E-state index contributed by atoms with van der Waals surface area (Å²) in [5, 5.41) is 0. The van der Waals surface area contributed by atoms with Gasteiger partial charge in [-0.15, -0.1) is 0 Å². The van der Waals surface area contributed by atoms with Crippen LogP contribution in [0, 0.1) is 23.2 Å². The van der Waals surface area contributed by atoms with E-state index in [1.165, 1.54) is 11.1 Å². The Kier molecular flexibility index (Phi) is 14.6. The molecular formula is C46H71NO2. The third-order valence-electron chi connectivity index (χ3n) is 13.1. The van der Waals surface area contributed by atoms with Crippen LogP contribution in [0.2, 0.25) is 0 Å². The zero-order chi connectivity index (χ0) is 37.5. The SMILES string of the molecule is C=C(/C=C(\C)C1=C(CC)C(=O)c2ncc(C(C)(CC)CCC/C=C(\C)C(C)(C)CC)c(C)c2C1=O)C(C)(CC)CC/C=C(\C)C(C)(C)CC. The number of Topliss-reactive ketones (excluding diaryl/α,β-unsaturated/α-hetero) is 2. The summed E-state index contributed by atoms with van der Waals surface area (Å²) in [6, 6.07) is 0. The highest BCUT2D eigenvalue weighted by atomic mass is 16.1. The first-order valence-corrected chi connectivity index (χ1v) is 19.3. The molecule has 3 nitrogen and oxygen atoms in total. The van der Waals surface area contributed by atoms with E-state index in [1.54, 1.807) is 0 Å². The van der Waals surface area contributed by atoms with E-state index in [-0.39, 0.29) is 33.2 Å². The first-order chi connectivity index (χ1) is 22.7. The van der Waals surface area contributed by atoms with Gasteiger partial charge in [-0.05, 0) is 136 Å². The van der Waals surface area contributed by atoms with Gasteiger partial charge in [0.05, 0.1) is 5.56 Å². The highest BCUT2D eigenvalue weighted by Crippen LogP contribution is 2.42. The van der Waals surface area contributed by atoms with Crippen molar-refractivity contribution in [2.45, 2.75) is 173 Å². The smallest absolute Gasteiger partial charge is 0.208 e. The second kappa shape index (κ2) is 16.9. The molecule has 272 valence electrons. The van der Waals surface area contributed by atoms with Crippen molar-refractivity contribution in [3.63, 3.8) is 0 Å². The molecule has 0 spiro atoms. The molecule has 1 aliphatic rings. The average Bonchev–Trinajstić information content (AvgIpc) is 3.07. The van der Waals surface area contributed by atoms with Gasteiger partial charge in [-0.3, -0.25) is 14.6 Å². The van der Waals surface area contributed by atoms with E-state index >= 15 is 0 Å². The maximum Gasteiger partial charge on any atom is 0.208 e. The van der Waals surface area contributed by atoms with E-state index in [0.717, 1.165) is 80.1 Å². The highest BCUT2D eigenvalue weighted by molar-refractivity contribution is 6.28. The van der Waals surface area contributed by atoms with Gasteiger partial charge in [0.15, 0.2) is 5.78 Å². The second-order valence-electron chi connectivity index (χ2n) is 16.7. The summed E-state index contributed by atoms with van der Waals surface area (Å²) in [4.78, 5) is 33.3. The minimum Gasteiger partial charge on any atom is -0.288 e. The van der Waals surface area contributed by atoms with Crippen molar-refractivity contribution in [1.82, 2.24) is 4.98 Å². The first-order valence-electron chi connectivity index (χ1n) is 19.3. The first kappa shape index (κ1) is 42.4. The van der Waals surface area contributed by atoms with E-state index in [4.69, 9.17) is 4.98 Å². The number of unbranched alkanes of at least 4 members (excludes halogenated alkanes) is 1. The van der Waals surface area contributed by atoms with E-state index < -0.39 is 0 Å². The summed E-state index contributed by atoms with van der Waals surface area (Å²) in [5.41, 5.74) is 8.77. The average molecular weight is 670 g/mol. The maximum absolute atomic E-state index is 14.6. The Morgan fingerprint density at radius 3 is 1.82 bits per heavy atom. The number of allylic oxidation sites excluding steroid dienone is 9. The summed E-state index contributed by atoms with van der Waals surface area (Å²) < 4.78 is 0. The number of fused-ring (bicyclic) bond motifs is 1. The van der Waals surface area contributed by atoms with Gasteiger partial charge < -0.3 is 0 Å². The topological polar surface area (TPSA) is 47.0 Å². The van der Waals surface area contributed by atoms with E-state index in [9.17, 15) is 9.59 Å². The van der Waals surface area contributed by atoms with Gasteiger partial charge in [0.25, 0.3) is 0 Å². The molecule has 0 fully saturated rings. The zero-order valence-corrected chi connectivity index (χ0v) is 34.4. The highest BCUT2D eigenvalue weighted by Gasteiger charge is 2.38. The van der Waals surface area contributed by atoms with Crippen LogP contribution >= 0.6 is 0 Å². The summed E-state index contributed by atoms with van der Waals surface area (Å²) in [6.07, 6.45) is 18.4. The van der Waals surface area contributed by atoms with E-state index in [1.807, 2.05) is 27.0 Å². The lowest BCUT2D eigenvalue weighted by atomic mass is 9.71. The zero-order valence-electron chi connectivity index (χ0n) is 34.4. The summed E-state index contributed by atoms with van der Waals surface area (Å²) in [6.45, 7) is 37.7. The quantitative estimate of drug-likeness (QED) is 0.0888. The minimum absolute atomic E-state index is 0.0720. The van der Waals surface area contributed by atoms with Crippen LogP contribution in [0.1, 0.15) is 193 Å². The maximum atomic E-state index is 14.6. The summed E-state index contributed by atoms with van der Waals surface area (Å²) in [5.74, 6) is -0.188. The number of aromatic nitrogens is 1. The third-order valence-corrected chi connectivity index (χ3v) is 13.1. The molecule has 1 heterocycles. The van der Waals surface area contributed by atoms with Crippen molar-refractivity contribution in [2.24, 2.45) is 16.2 Å². The minimum atomic E-state index is -0.145. The van der Waals surface area contributed by atoms with Gasteiger partial charge in [-0.2, -0.15) is 0 Å². The van der Waals surface area contributed by atoms with Crippen LogP contribution in [0.3, 0.4) is 0 Å². The molecule has 2 rings (SSSR count). The number of hydrogen-bond acceptors (Lipinski definition) is 3. The van der Waals surface area contributed by atoms with Gasteiger partial charge in [0, 0.05) is 17.3 Å². The lowest BCUT2D eigenvalue weighted by molar-refractivity contribution is 0.0969. The molecule has 0 saturated heterocycles. The van der Waals surface area contributed by atoms with Gasteiger partial charge in [0.1, 0.15) is 5.69 Å². The third kappa shape index (κ3) is 9.30. The van der Waals surface area contributed by atoms with Crippen LogP contribution in [0.25, 0.3) is 0 Å². The molecule has 0 bridgehead atoms. The Hall–Kier alpha value is -2.81. The predicted octanol–water partition coefficient (Wildman–Crippen LogP) is 13.8. The van der Waals surface area contributed by atoms with Crippen LogP contribution in [0.4, 0.5) is 0 Å². The van der Waals surface area contributed by atoms with Crippen LogP contribution in [0.5, 0.6) is 0 Å². The van der Waals surface area contributed by atoms with Crippen molar-refractivity contribution in [2.75, 3.05) is 0 Å². The predicted molar refractivity (Wildman–Crippen MR) is 213 cm³/mol. The van der Waals surface area contributed by atoms with Gasteiger partial charge >= 0.3 is 0 Å². The van der Waals surface area contributed by atoms with E-state index in [0.29, 0.717) is 28.8 Å². The van der Waals surface area contributed by atoms with Gasteiger partial charge in [-0.25, -0.2) is 0 Å². The van der Waals surface area contributed by atoms with Crippen LogP contribution < -0.4 is 0 Å². The summed E-state index contributed by atoms with van der Waals surface area (Å²) in [7, 11) is 0. The number of carbonyl (C=O) groups is 2. The molecule has 0 amide bonds. The van der Waals surface area contributed by atoms with Crippen LogP contribution in [-0.2, 0) is 5.41 Å². The lowest BCUT2D eigenvalue weighted by Gasteiger charge is -2.33. The molecule has 49 heavy (non-hydrogen) atoms. The van der Waals surface area contributed by atoms with Crippen molar-refractivity contribution in [1.29, 1.82) is 0 Å². The van der Waals surface area contributed by atoms with Crippen LogP contribution in [0.15, 0.2) is 64.4 Å². The molecule has 2 atom stereocenters. The summed E-state index contributed by atoms with van der Waals surface area (Å²) >= 11 is 0. The van der Waals surface area contributed by atoms with Crippen molar-refractivity contribution < 1.29 is 9.59 Å². The fraction of sp³-hybridized carbons (Fsp3) is 0.630. The van der Waals surface area contributed by atoms with Crippen LogP contribution in [-0.4, -0.2) is 16.6 Å². The van der Waals surface area contributed by atoms with E-state index in [2.05, 4.69) is 108 Å². The molecule has 0 radical (unpaired) electrons. The monoisotopic (exact) mass is 670 g/mol. The number of rotatable bonds is 18. The van der Waals surface area contributed by atoms with Gasteiger partial charge in [0.2, 0.25) is 5.78 Å². The Morgan fingerprint density at radius 2 is 1.33 bits per heavy atom. The lowest BCUT2D eigenvalue weighted by Crippen LogP contribution is -2.29. The molecule has 3 heteroatoms. The molecular weight excluding hydrogens is 599 g/mol. The molecule has 2 unspecified atom stereocenters. The van der Waals surface area contributed by atoms with Crippen molar-refractivity contribution in [3.05, 3.63) is 86.8 Å². The molecule has 0 aromatic carbocycles. The molecule has 0 aliphatic heterocycles. The number of ketones is 2. The fourth-order valence-electron chi connectivity index (χ4n) is 7.04. The Morgan fingerprint density at radius 1 is 0.776 bits per heavy atom. The fourth-order valence-corrected chi connectivity index (χ4v) is 7.04. The number of carbonyl (C=O) groups excluding carboxylic acids is 2. The Balaban J connectivity index is 2.48. The molecule has 1 aromatic heterocycles.